The number of hydrogen-bond donors (Lipinski definition) is 1. The van der Waals surface area contributed by atoms with Crippen molar-refractivity contribution in [1.29, 1.82) is 0 Å². The van der Waals surface area contributed by atoms with Crippen LogP contribution < -0.4 is 5.73 Å². The zero-order chi connectivity index (χ0) is 12.0. The highest BCUT2D eigenvalue weighted by atomic mass is 32.2. The lowest BCUT2D eigenvalue weighted by atomic mass is 10.1. The molecule has 0 saturated carbocycles. The van der Waals surface area contributed by atoms with Gasteiger partial charge < -0.3 is 5.73 Å². The van der Waals surface area contributed by atoms with Crippen molar-refractivity contribution in [2.45, 2.75) is 39.4 Å². The number of aromatic nitrogens is 2. The Hall–Kier alpha value is -0.610. The smallest absolute Gasteiger partial charge is 0.138 e. The Bertz CT molecular complexity index is 316. The van der Waals surface area contributed by atoms with Crippen molar-refractivity contribution < 1.29 is 0 Å². The van der Waals surface area contributed by atoms with Gasteiger partial charge in [-0.2, -0.15) is 11.8 Å². The Morgan fingerprint density at radius 1 is 1.19 bits per heavy atom. The fourth-order valence-corrected chi connectivity index (χ4v) is 2.43. The molecule has 0 atom stereocenters. The van der Waals surface area contributed by atoms with Crippen LogP contribution in [0.5, 0.6) is 0 Å². The molecule has 0 saturated heterocycles. The quantitative estimate of drug-likeness (QED) is 0.774. The van der Waals surface area contributed by atoms with Crippen LogP contribution in [-0.4, -0.2) is 22.3 Å². The van der Waals surface area contributed by atoms with Gasteiger partial charge in [-0.3, -0.25) is 0 Å². The van der Waals surface area contributed by atoms with Crippen LogP contribution in [0.15, 0.2) is 0 Å². The Morgan fingerprint density at radius 3 is 2.31 bits per heavy atom. The molecule has 0 aliphatic rings. The maximum atomic E-state index is 5.57. The van der Waals surface area contributed by atoms with Gasteiger partial charge in [-0.15, -0.1) is 0 Å². The topological polar surface area (TPSA) is 51.8 Å². The molecule has 0 spiro atoms. The molecule has 0 aromatic carbocycles. The number of nitrogens with two attached hydrogens (primary N) is 1. The van der Waals surface area contributed by atoms with E-state index in [1.54, 1.807) is 0 Å². The van der Waals surface area contributed by atoms with Gasteiger partial charge in [-0.1, -0.05) is 6.92 Å². The fourth-order valence-electron chi connectivity index (χ4n) is 1.69. The number of thioether (sulfide) groups is 1. The number of rotatable bonds is 6. The third-order valence-corrected chi connectivity index (χ3v) is 3.60. The molecule has 1 rings (SSSR count). The van der Waals surface area contributed by atoms with Gasteiger partial charge in [0.1, 0.15) is 5.82 Å². The van der Waals surface area contributed by atoms with E-state index in [4.69, 9.17) is 5.73 Å². The van der Waals surface area contributed by atoms with Crippen LogP contribution in [0.1, 0.15) is 36.1 Å². The average Bonchev–Trinajstić information content (AvgIpc) is 2.24. The first-order valence-electron chi connectivity index (χ1n) is 5.79. The fraction of sp³-hybridized carbons (Fsp3) is 0.667. The molecule has 0 radical (unpaired) electrons. The van der Waals surface area contributed by atoms with Gasteiger partial charge in [-0.25, -0.2) is 9.97 Å². The molecular formula is C12H21N3S. The van der Waals surface area contributed by atoms with Gasteiger partial charge >= 0.3 is 0 Å². The maximum absolute atomic E-state index is 5.57. The van der Waals surface area contributed by atoms with E-state index in [-0.39, 0.29) is 0 Å². The van der Waals surface area contributed by atoms with Crippen LogP contribution >= 0.6 is 11.8 Å². The summed E-state index contributed by atoms with van der Waals surface area (Å²) in [6, 6.07) is 0. The van der Waals surface area contributed by atoms with Gasteiger partial charge in [0.2, 0.25) is 0 Å². The van der Waals surface area contributed by atoms with Gasteiger partial charge in [0, 0.05) is 11.4 Å². The van der Waals surface area contributed by atoms with E-state index in [2.05, 4.69) is 16.9 Å². The Balaban J connectivity index is 2.75. The van der Waals surface area contributed by atoms with Gasteiger partial charge in [0.15, 0.2) is 0 Å². The molecular weight excluding hydrogens is 218 g/mol. The highest BCUT2D eigenvalue weighted by Gasteiger charge is 2.07. The third kappa shape index (κ3) is 3.76. The summed E-state index contributed by atoms with van der Waals surface area (Å²) in [5.41, 5.74) is 8.97. The van der Waals surface area contributed by atoms with Gasteiger partial charge in [-0.05, 0) is 44.6 Å². The highest BCUT2D eigenvalue weighted by Crippen LogP contribution is 2.14. The molecule has 0 amide bonds. The van der Waals surface area contributed by atoms with Crippen LogP contribution in [0.4, 0.5) is 0 Å². The molecule has 1 aromatic heterocycles. The van der Waals surface area contributed by atoms with Crippen molar-refractivity contribution in [1.82, 2.24) is 9.97 Å². The monoisotopic (exact) mass is 239 g/mol. The van der Waals surface area contributed by atoms with Gasteiger partial charge in [0.05, 0.1) is 5.75 Å². The second kappa shape index (κ2) is 6.86. The van der Waals surface area contributed by atoms with Crippen molar-refractivity contribution in [2.75, 3.05) is 12.3 Å². The van der Waals surface area contributed by atoms with Crippen LogP contribution in [0.25, 0.3) is 0 Å². The SMILES string of the molecule is CCCSCc1nc(C)c(CCN)c(C)n1. The lowest BCUT2D eigenvalue weighted by Gasteiger charge is -2.09. The summed E-state index contributed by atoms with van der Waals surface area (Å²) in [6.07, 6.45) is 2.08. The summed E-state index contributed by atoms with van der Waals surface area (Å²) < 4.78 is 0. The van der Waals surface area contributed by atoms with E-state index in [1.807, 2.05) is 25.6 Å². The molecule has 4 heteroatoms. The summed E-state index contributed by atoms with van der Waals surface area (Å²) in [7, 11) is 0. The molecule has 90 valence electrons. The average molecular weight is 239 g/mol. The Labute approximate surface area is 102 Å². The maximum Gasteiger partial charge on any atom is 0.138 e. The van der Waals surface area contributed by atoms with Gasteiger partial charge in [0.25, 0.3) is 0 Å². The molecule has 2 N–H and O–H groups in total. The number of hydrogen-bond acceptors (Lipinski definition) is 4. The van der Waals surface area contributed by atoms with Crippen molar-refractivity contribution in [3.63, 3.8) is 0 Å². The van der Waals surface area contributed by atoms with E-state index in [1.165, 1.54) is 17.7 Å². The molecule has 0 aliphatic heterocycles. The van der Waals surface area contributed by atoms with Crippen molar-refractivity contribution in [3.8, 4) is 0 Å². The second-order valence-corrected chi connectivity index (χ2v) is 4.99. The van der Waals surface area contributed by atoms with Crippen LogP contribution in [-0.2, 0) is 12.2 Å². The first kappa shape index (κ1) is 13.5. The lowest BCUT2D eigenvalue weighted by molar-refractivity contribution is 0.867. The van der Waals surface area contributed by atoms with E-state index in [9.17, 15) is 0 Å². The highest BCUT2D eigenvalue weighted by molar-refractivity contribution is 7.98. The van der Waals surface area contributed by atoms with Crippen molar-refractivity contribution >= 4 is 11.8 Å². The summed E-state index contributed by atoms with van der Waals surface area (Å²) >= 11 is 1.89. The third-order valence-electron chi connectivity index (χ3n) is 2.44. The van der Waals surface area contributed by atoms with Crippen molar-refractivity contribution in [2.24, 2.45) is 5.73 Å². The molecule has 0 unspecified atom stereocenters. The molecule has 0 fully saturated rings. The molecule has 1 heterocycles. The standard InChI is InChI=1S/C12H21N3S/c1-4-7-16-8-12-14-9(2)11(5-6-13)10(3)15-12/h4-8,13H2,1-3H3. The Kier molecular flexibility index (Phi) is 5.77. The Morgan fingerprint density at radius 2 is 1.81 bits per heavy atom. The predicted molar refractivity (Wildman–Crippen MR) is 70.7 cm³/mol. The minimum atomic E-state index is 0.662. The zero-order valence-corrected chi connectivity index (χ0v) is 11.2. The summed E-state index contributed by atoms with van der Waals surface area (Å²) in [4.78, 5) is 9.07. The summed E-state index contributed by atoms with van der Waals surface area (Å²) in [5.74, 6) is 3.04. The van der Waals surface area contributed by atoms with E-state index in [0.29, 0.717) is 6.54 Å². The molecule has 0 bridgehead atoms. The van der Waals surface area contributed by atoms with E-state index >= 15 is 0 Å². The largest absolute Gasteiger partial charge is 0.330 e. The predicted octanol–water partition coefficient (Wildman–Crippen LogP) is 2.24. The summed E-state index contributed by atoms with van der Waals surface area (Å²) in [6.45, 7) is 6.95. The second-order valence-electron chi connectivity index (χ2n) is 3.88. The van der Waals surface area contributed by atoms with E-state index in [0.717, 1.165) is 29.4 Å². The first-order chi connectivity index (χ1) is 7.69. The molecule has 3 nitrogen and oxygen atoms in total. The zero-order valence-electron chi connectivity index (χ0n) is 10.4. The molecule has 16 heavy (non-hydrogen) atoms. The number of aryl methyl sites for hydroxylation is 2. The van der Waals surface area contributed by atoms with Crippen LogP contribution in [0.2, 0.25) is 0 Å². The minimum Gasteiger partial charge on any atom is -0.330 e. The first-order valence-corrected chi connectivity index (χ1v) is 6.95. The lowest BCUT2D eigenvalue weighted by Crippen LogP contribution is -2.10. The normalized spacial score (nSPS) is 10.8. The van der Waals surface area contributed by atoms with E-state index < -0.39 is 0 Å². The van der Waals surface area contributed by atoms with Crippen LogP contribution in [0.3, 0.4) is 0 Å². The minimum absolute atomic E-state index is 0.662. The molecule has 0 aliphatic carbocycles. The summed E-state index contributed by atoms with van der Waals surface area (Å²) in [5, 5.41) is 0. The molecule has 1 aromatic rings. The number of nitrogens with zero attached hydrogens (tertiary/aromatic N) is 2. The van der Waals surface area contributed by atoms with Crippen molar-refractivity contribution in [3.05, 3.63) is 22.8 Å². The van der Waals surface area contributed by atoms with Crippen LogP contribution in [0, 0.1) is 13.8 Å².